The molecule has 1 aliphatic heterocycles. The van der Waals surface area contributed by atoms with Crippen LogP contribution in [0.5, 0.6) is 0 Å². The number of hydrogen-bond donors (Lipinski definition) is 1. The summed E-state index contributed by atoms with van der Waals surface area (Å²) in [7, 11) is -3.45. The molecule has 0 spiro atoms. The number of carbonyl (C=O) groups excluding carboxylic acids is 1. The molecule has 0 radical (unpaired) electrons. The van der Waals surface area contributed by atoms with Crippen LogP contribution in [-0.4, -0.2) is 36.3 Å². The average Bonchev–Trinajstić information content (AvgIpc) is 3.54. The Hall–Kier alpha value is -3.01. The van der Waals surface area contributed by atoms with E-state index >= 15 is 0 Å². The number of hydrogen-bond acceptors (Lipinski definition) is 5. The van der Waals surface area contributed by atoms with Crippen molar-refractivity contribution in [2.45, 2.75) is 30.1 Å². The van der Waals surface area contributed by atoms with Crippen LogP contribution in [0.4, 0.5) is 0 Å². The predicted octanol–water partition coefficient (Wildman–Crippen LogP) is 3.32. The minimum absolute atomic E-state index is 0.0472. The molecule has 4 aromatic rings. The summed E-state index contributed by atoms with van der Waals surface area (Å²) in [5, 5.41) is 4.03. The number of carbonyl (C=O) groups is 1. The molecular weight excluding hydrogens is 458 g/mol. The van der Waals surface area contributed by atoms with Gasteiger partial charge in [0.2, 0.25) is 5.91 Å². The van der Waals surface area contributed by atoms with Crippen molar-refractivity contribution in [3.05, 3.63) is 75.8 Å². The molecule has 7 nitrogen and oxygen atoms in total. The van der Waals surface area contributed by atoms with Gasteiger partial charge < -0.3 is 9.88 Å². The van der Waals surface area contributed by atoms with Crippen LogP contribution < -0.4 is 10.7 Å². The SMILES string of the molecule is O=C(Cn1c2ccccc2c(=O)c2ccccc21)NCc1ccc(S(=O)(=O)N2CCCC2)s1. The molecule has 2 aromatic heterocycles. The van der Waals surface area contributed by atoms with E-state index in [9.17, 15) is 18.0 Å². The van der Waals surface area contributed by atoms with Gasteiger partial charge in [-0.15, -0.1) is 11.3 Å². The van der Waals surface area contributed by atoms with E-state index in [1.165, 1.54) is 15.6 Å². The number of thiophene rings is 1. The Balaban J connectivity index is 1.36. The molecule has 0 unspecified atom stereocenters. The van der Waals surface area contributed by atoms with Crippen LogP contribution in [0, 0.1) is 0 Å². The predicted molar refractivity (Wildman–Crippen MR) is 130 cm³/mol. The zero-order valence-electron chi connectivity index (χ0n) is 17.9. The van der Waals surface area contributed by atoms with Gasteiger partial charge in [-0.2, -0.15) is 4.31 Å². The van der Waals surface area contributed by atoms with E-state index in [4.69, 9.17) is 0 Å². The molecule has 9 heteroatoms. The third kappa shape index (κ3) is 4.07. The highest BCUT2D eigenvalue weighted by Crippen LogP contribution is 2.27. The summed E-state index contributed by atoms with van der Waals surface area (Å²) >= 11 is 1.19. The molecule has 3 heterocycles. The van der Waals surface area contributed by atoms with Crippen molar-refractivity contribution < 1.29 is 13.2 Å². The fraction of sp³-hybridized carbons (Fsp3) is 0.250. The summed E-state index contributed by atoms with van der Waals surface area (Å²) in [5.41, 5.74) is 1.35. The standard InChI is InChI=1S/C24H23N3O4S2/c28-22(25-15-17-11-12-23(32-17)33(30,31)26-13-5-6-14-26)16-27-20-9-3-1-7-18(20)24(29)19-8-2-4-10-21(19)27/h1-4,7-12H,5-6,13-16H2,(H,25,28). The largest absolute Gasteiger partial charge is 0.350 e. The van der Waals surface area contributed by atoms with Gasteiger partial charge in [0.1, 0.15) is 10.8 Å². The summed E-state index contributed by atoms with van der Waals surface area (Å²) in [4.78, 5) is 26.5. The minimum Gasteiger partial charge on any atom is -0.350 e. The first-order valence-electron chi connectivity index (χ1n) is 10.8. The zero-order chi connectivity index (χ0) is 23.0. The van der Waals surface area contributed by atoms with E-state index in [1.54, 1.807) is 24.3 Å². The number of pyridine rings is 1. The minimum atomic E-state index is -3.45. The fourth-order valence-corrected chi connectivity index (χ4v) is 7.25. The lowest BCUT2D eigenvalue weighted by Gasteiger charge is -2.15. The van der Waals surface area contributed by atoms with Crippen LogP contribution in [0.2, 0.25) is 0 Å². The molecule has 1 aliphatic rings. The van der Waals surface area contributed by atoms with Gasteiger partial charge in [-0.25, -0.2) is 8.42 Å². The lowest BCUT2D eigenvalue weighted by atomic mass is 10.1. The molecule has 1 amide bonds. The van der Waals surface area contributed by atoms with Gasteiger partial charge in [0.25, 0.3) is 10.0 Å². The number of sulfonamides is 1. The summed E-state index contributed by atoms with van der Waals surface area (Å²) in [5.74, 6) is -0.216. The molecule has 1 saturated heterocycles. The fourth-order valence-electron chi connectivity index (χ4n) is 4.28. The van der Waals surface area contributed by atoms with Crippen molar-refractivity contribution in [1.29, 1.82) is 0 Å². The summed E-state index contributed by atoms with van der Waals surface area (Å²) in [6, 6.07) is 17.9. The maximum atomic E-state index is 12.9. The second-order valence-electron chi connectivity index (χ2n) is 8.06. The summed E-state index contributed by atoms with van der Waals surface area (Å²) < 4.78 is 29.1. The van der Waals surface area contributed by atoms with E-state index in [1.807, 2.05) is 41.0 Å². The van der Waals surface area contributed by atoms with Gasteiger partial charge >= 0.3 is 0 Å². The first-order chi connectivity index (χ1) is 15.9. The highest BCUT2D eigenvalue weighted by atomic mass is 32.2. The van der Waals surface area contributed by atoms with Gasteiger partial charge in [-0.1, -0.05) is 24.3 Å². The van der Waals surface area contributed by atoms with Gasteiger partial charge in [0.15, 0.2) is 5.43 Å². The molecule has 33 heavy (non-hydrogen) atoms. The van der Waals surface area contributed by atoms with Crippen molar-refractivity contribution in [3.63, 3.8) is 0 Å². The number of fused-ring (bicyclic) bond motifs is 2. The van der Waals surface area contributed by atoms with E-state index in [0.29, 0.717) is 39.1 Å². The smallest absolute Gasteiger partial charge is 0.252 e. The van der Waals surface area contributed by atoms with Crippen molar-refractivity contribution >= 4 is 49.1 Å². The molecule has 0 bridgehead atoms. The molecule has 1 fully saturated rings. The second-order valence-corrected chi connectivity index (χ2v) is 11.4. The van der Waals surface area contributed by atoms with Gasteiger partial charge in [0, 0.05) is 28.7 Å². The van der Waals surface area contributed by atoms with Crippen LogP contribution in [0.15, 0.2) is 69.7 Å². The first-order valence-corrected chi connectivity index (χ1v) is 13.1. The number of aromatic nitrogens is 1. The van der Waals surface area contributed by atoms with Crippen molar-refractivity contribution in [2.24, 2.45) is 0 Å². The van der Waals surface area contributed by atoms with Crippen molar-refractivity contribution in [3.8, 4) is 0 Å². The Morgan fingerprint density at radius 1 is 0.909 bits per heavy atom. The maximum absolute atomic E-state index is 12.9. The van der Waals surface area contributed by atoms with Crippen LogP contribution in [0.1, 0.15) is 17.7 Å². The molecule has 5 rings (SSSR count). The second kappa shape index (κ2) is 8.74. The number of nitrogens with one attached hydrogen (secondary N) is 1. The van der Waals surface area contributed by atoms with Crippen LogP contribution in [-0.2, 0) is 27.9 Å². The Labute approximate surface area is 195 Å². The van der Waals surface area contributed by atoms with E-state index in [0.717, 1.165) is 17.7 Å². The van der Waals surface area contributed by atoms with Crippen molar-refractivity contribution in [2.75, 3.05) is 13.1 Å². The highest BCUT2D eigenvalue weighted by molar-refractivity contribution is 7.91. The van der Waals surface area contributed by atoms with Gasteiger partial charge in [-0.05, 0) is 49.2 Å². The first kappa shape index (κ1) is 21.8. The van der Waals surface area contributed by atoms with Gasteiger partial charge in [-0.3, -0.25) is 9.59 Å². The topological polar surface area (TPSA) is 88.5 Å². The lowest BCUT2D eigenvalue weighted by Crippen LogP contribution is -2.28. The number of nitrogens with zero attached hydrogens (tertiary/aromatic N) is 2. The molecule has 0 saturated carbocycles. The number of rotatable bonds is 6. The number of amides is 1. The average molecular weight is 482 g/mol. The Morgan fingerprint density at radius 2 is 1.52 bits per heavy atom. The quantitative estimate of drug-likeness (QED) is 0.428. The molecule has 2 aromatic carbocycles. The molecular formula is C24H23N3O4S2. The number of benzene rings is 2. The van der Waals surface area contributed by atoms with Gasteiger partial charge in [0.05, 0.1) is 17.6 Å². The monoisotopic (exact) mass is 481 g/mol. The normalized spacial score (nSPS) is 14.8. The molecule has 0 atom stereocenters. The van der Waals surface area contributed by atoms with E-state index < -0.39 is 10.0 Å². The highest BCUT2D eigenvalue weighted by Gasteiger charge is 2.28. The third-order valence-corrected chi connectivity index (χ3v) is 9.39. The molecule has 0 aliphatic carbocycles. The lowest BCUT2D eigenvalue weighted by molar-refractivity contribution is -0.121. The maximum Gasteiger partial charge on any atom is 0.252 e. The van der Waals surface area contributed by atoms with E-state index in [-0.39, 0.29) is 24.4 Å². The molecule has 1 N–H and O–H groups in total. The Bertz CT molecular complexity index is 1460. The summed E-state index contributed by atoms with van der Waals surface area (Å²) in [6.07, 6.45) is 1.78. The molecule has 170 valence electrons. The van der Waals surface area contributed by atoms with Crippen LogP contribution >= 0.6 is 11.3 Å². The van der Waals surface area contributed by atoms with Crippen LogP contribution in [0.3, 0.4) is 0 Å². The Kier molecular flexibility index (Phi) is 5.77. The van der Waals surface area contributed by atoms with Crippen molar-refractivity contribution in [1.82, 2.24) is 14.2 Å². The zero-order valence-corrected chi connectivity index (χ0v) is 19.5. The van der Waals surface area contributed by atoms with E-state index in [2.05, 4.69) is 5.32 Å². The third-order valence-electron chi connectivity index (χ3n) is 5.94. The summed E-state index contributed by atoms with van der Waals surface area (Å²) in [6.45, 7) is 1.42. The van der Waals surface area contributed by atoms with Crippen LogP contribution in [0.25, 0.3) is 21.8 Å². The Morgan fingerprint density at radius 3 is 2.15 bits per heavy atom. The number of para-hydroxylation sites is 2.